The lowest BCUT2D eigenvalue weighted by Crippen LogP contribution is -2.24. The van der Waals surface area contributed by atoms with Crippen molar-refractivity contribution in [3.05, 3.63) is 71.6 Å². The van der Waals surface area contributed by atoms with Gasteiger partial charge in [0.15, 0.2) is 0 Å². The molecule has 3 aromatic heterocycles. The van der Waals surface area contributed by atoms with E-state index in [1.807, 2.05) is 12.1 Å². The summed E-state index contributed by atoms with van der Waals surface area (Å²) < 4.78 is 1.71. The Morgan fingerprint density at radius 1 is 1.00 bits per heavy atom. The molecule has 0 aliphatic heterocycles. The van der Waals surface area contributed by atoms with E-state index in [9.17, 15) is 9.59 Å². The summed E-state index contributed by atoms with van der Waals surface area (Å²) in [6.07, 6.45) is 4.85. The van der Waals surface area contributed by atoms with Gasteiger partial charge in [0.25, 0.3) is 11.8 Å². The molecular weight excluding hydrogens is 372 g/mol. The molecule has 3 heterocycles. The number of aryl methyl sites for hydroxylation is 1. The summed E-state index contributed by atoms with van der Waals surface area (Å²) in [7, 11) is 1.80. The molecule has 3 N–H and O–H groups in total. The number of carbonyl (C=O) groups excluding carboxylic acids is 2. The first-order valence-electron chi connectivity index (χ1n) is 8.87. The van der Waals surface area contributed by atoms with E-state index in [0.717, 1.165) is 5.56 Å². The highest BCUT2D eigenvalue weighted by Crippen LogP contribution is 2.11. The van der Waals surface area contributed by atoms with Crippen molar-refractivity contribution in [1.29, 1.82) is 0 Å². The van der Waals surface area contributed by atoms with Crippen molar-refractivity contribution in [1.82, 2.24) is 40.6 Å². The van der Waals surface area contributed by atoms with Crippen LogP contribution in [-0.2, 0) is 20.1 Å². The van der Waals surface area contributed by atoms with Gasteiger partial charge in [0.2, 0.25) is 0 Å². The molecule has 0 saturated heterocycles. The van der Waals surface area contributed by atoms with Crippen LogP contribution >= 0.6 is 0 Å². The third-order valence-corrected chi connectivity index (χ3v) is 4.28. The Hall–Kier alpha value is -4.08. The maximum absolute atomic E-state index is 12.4. The quantitative estimate of drug-likeness (QED) is 0.449. The molecule has 0 saturated carbocycles. The summed E-state index contributed by atoms with van der Waals surface area (Å²) >= 11 is 0. The van der Waals surface area contributed by atoms with Crippen molar-refractivity contribution < 1.29 is 9.59 Å². The number of imidazole rings is 1. The molecule has 0 aliphatic rings. The molecule has 2 amide bonds. The second kappa shape index (κ2) is 7.89. The van der Waals surface area contributed by atoms with E-state index < -0.39 is 0 Å². The van der Waals surface area contributed by atoms with Gasteiger partial charge in [0.1, 0.15) is 16.7 Å². The highest BCUT2D eigenvalue weighted by molar-refractivity contribution is 5.97. The van der Waals surface area contributed by atoms with Crippen LogP contribution in [-0.4, -0.2) is 41.8 Å². The molecule has 0 spiro atoms. The Balaban J connectivity index is 1.34. The van der Waals surface area contributed by atoms with Crippen molar-refractivity contribution in [2.45, 2.75) is 13.1 Å². The molecule has 10 nitrogen and oxygen atoms in total. The van der Waals surface area contributed by atoms with E-state index >= 15 is 0 Å². The molecule has 0 bridgehead atoms. The van der Waals surface area contributed by atoms with E-state index in [4.69, 9.17) is 0 Å². The number of fused-ring (bicyclic) bond motifs is 1. The van der Waals surface area contributed by atoms with Gasteiger partial charge >= 0.3 is 0 Å². The number of carbonyl (C=O) groups is 2. The van der Waals surface area contributed by atoms with Crippen molar-refractivity contribution in [3.63, 3.8) is 0 Å². The lowest BCUT2D eigenvalue weighted by Gasteiger charge is -2.08. The van der Waals surface area contributed by atoms with Crippen LogP contribution in [0.25, 0.3) is 11.0 Å². The van der Waals surface area contributed by atoms with Gasteiger partial charge in [-0.05, 0) is 35.9 Å². The Kier molecular flexibility index (Phi) is 4.97. The van der Waals surface area contributed by atoms with Gasteiger partial charge in [-0.3, -0.25) is 14.6 Å². The average molecular weight is 390 g/mol. The standard InChI is InChI=1S/C19H18N8O2/c1-27-10-17(23-11-27)19(29)22-9-14-6-12(4-5-20-14)8-21-18(28)13-2-3-15-16(7-13)25-26-24-15/h2-7,10-11H,8-9H2,1H3,(H,21,28)(H,22,29)(H,24,25,26). The Morgan fingerprint density at radius 3 is 2.66 bits per heavy atom. The van der Waals surface area contributed by atoms with Crippen LogP contribution < -0.4 is 10.6 Å². The topological polar surface area (TPSA) is 130 Å². The Bertz CT molecular complexity index is 1180. The summed E-state index contributed by atoms with van der Waals surface area (Å²) in [4.78, 5) is 32.7. The van der Waals surface area contributed by atoms with E-state index in [1.54, 1.807) is 48.5 Å². The largest absolute Gasteiger partial charge is 0.348 e. The maximum Gasteiger partial charge on any atom is 0.271 e. The van der Waals surface area contributed by atoms with Crippen LogP contribution in [0.1, 0.15) is 32.1 Å². The summed E-state index contributed by atoms with van der Waals surface area (Å²) in [6, 6.07) is 8.76. The van der Waals surface area contributed by atoms with Crippen molar-refractivity contribution in [3.8, 4) is 0 Å². The van der Waals surface area contributed by atoms with E-state index in [-0.39, 0.29) is 18.4 Å². The molecule has 146 valence electrons. The third-order valence-electron chi connectivity index (χ3n) is 4.28. The van der Waals surface area contributed by atoms with Crippen LogP contribution in [0.4, 0.5) is 0 Å². The van der Waals surface area contributed by atoms with E-state index in [2.05, 4.69) is 36.0 Å². The van der Waals surface area contributed by atoms with Crippen LogP contribution in [0.3, 0.4) is 0 Å². The molecule has 10 heteroatoms. The first-order valence-corrected chi connectivity index (χ1v) is 8.87. The SMILES string of the molecule is Cn1cnc(C(=O)NCc2cc(CNC(=O)c3ccc4n[nH]nc4c3)ccn2)c1. The minimum absolute atomic E-state index is 0.211. The molecule has 29 heavy (non-hydrogen) atoms. The highest BCUT2D eigenvalue weighted by atomic mass is 16.2. The number of nitrogens with one attached hydrogen (secondary N) is 3. The number of amides is 2. The summed E-state index contributed by atoms with van der Waals surface area (Å²) in [6.45, 7) is 0.597. The number of aromatic amines is 1. The van der Waals surface area contributed by atoms with Crippen molar-refractivity contribution in [2.24, 2.45) is 7.05 Å². The maximum atomic E-state index is 12.4. The molecule has 4 aromatic rings. The first-order chi connectivity index (χ1) is 14.1. The summed E-state index contributed by atoms with van der Waals surface area (Å²) in [5.74, 6) is -0.480. The molecule has 0 fully saturated rings. The Morgan fingerprint density at radius 2 is 1.83 bits per heavy atom. The fraction of sp³-hybridized carbons (Fsp3) is 0.158. The average Bonchev–Trinajstić information content (AvgIpc) is 3.38. The van der Waals surface area contributed by atoms with Crippen LogP contribution in [0, 0.1) is 0 Å². The number of nitrogens with zero attached hydrogens (tertiary/aromatic N) is 5. The molecule has 0 aliphatic carbocycles. The van der Waals surface area contributed by atoms with Gasteiger partial charge in [-0.2, -0.15) is 15.4 Å². The van der Waals surface area contributed by atoms with Gasteiger partial charge in [-0.15, -0.1) is 0 Å². The Labute approximate surface area is 165 Å². The second-order valence-electron chi connectivity index (χ2n) is 6.47. The number of hydrogen-bond acceptors (Lipinski definition) is 6. The normalized spacial score (nSPS) is 10.8. The van der Waals surface area contributed by atoms with Gasteiger partial charge in [-0.1, -0.05) is 0 Å². The number of H-pyrrole nitrogens is 1. The molecule has 4 rings (SSSR count). The fourth-order valence-corrected chi connectivity index (χ4v) is 2.79. The minimum atomic E-state index is -0.269. The van der Waals surface area contributed by atoms with E-state index in [1.165, 1.54) is 0 Å². The summed E-state index contributed by atoms with van der Waals surface area (Å²) in [5.41, 5.74) is 3.74. The predicted molar refractivity (Wildman–Crippen MR) is 104 cm³/mol. The van der Waals surface area contributed by atoms with Crippen LogP contribution in [0.2, 0.25) is 0 Å². The molecular formula is C19H18N8O2. The van der Waals surface area contributed by atoms with Gasteiger partial charge in [-0.25, -0.2) is 4.98 Å². The summed E-state index contributed by atoms with van der Waals surface area (Å²) in [5, 5.41) is 16.1. The zero-order valence-electron chi connectivity index (χ0n) is 15.6. The number of pyridine rings is 1. The molecule has 0 unspecified atom stereocenters. The fourth-order valence-electron chi connectivity index (χ4n) is 2.79. The van der Waals surface area contributed by atoms with Crippen molar-refractivity contribution in [2.75, 3.05) is 0 Å². The van der Waals surface area contributed by atoms with Gasteiger partial charge in [0.05, 0.1) is 18.6 Å². The zero-order chi connectivity index (χ0) is 20.2. The second-order valence-corrected chi connectivity index (χ2v) is 6.47. The monoisotopic (exact) mass is 390 g/mol. The lowest BCUT2D eigenvalue weighted by molar-refractivity contribution is 0.0940. The first kappa shape index (κ1) is 18.3. The lowest BCUT2D eigenvalue weighted by atomic mass is 10.1. The zero-order valence-corrected chi connectivity index (χ0v) is 15.6. The molecule has 0 radical (unpaired) electrons. The van der Waals surface area contributed by atoms with Crippen LogP contribution in [0.15, 0.2) is 49.1 Å². The molecule has 1 aromatic carbocycles. The smallest absolute Gasteiger partial charge is 0.271 e. The van der Waals surface area contributed by atoms with Crippen LogP contribution in [0.5, 0.6) is 0 Å². The predicted octanol–water partition coefficient (Wildman–Crippen LogP) is 0.946. The van der Waals surface area contributed by atoms with Gasteiger partial charge in [0, 0.05) is 31.5 Å². The highest BCUT2D eigenvalue weighted by Gasteiger charge is 2.10. The van der Waals surface area contributed by atoms with Gasteiger partial charge < -0.3 is 15.2 Å². The molecule has 0 atom stereocenters. The van der Waals surface area contributed by atoms with E-state index in [0.29, 0.717) is 34.5 Å². The number of hydrogen-bond donors (Lipinski definition) is 3. The number of benzene rings is 1. The van der Waals surface area contributed by atoms with Crippen molar-refractivity contribution >= 4 is 22.8 Å². The minimum Gasteiger partial charge on any atom is -0.348 e. The number of aromatic nitrogens is 6. The third kappa shape index (κ3) is 4.26. The number of rotatable bonds is 6.